The van der Waals surface area contributed by atoms with Crippen molar-refractivity contribution < 1.29 is 28.4 Å². The van der Waals surface area contributed by atoms with E-state index in [1.165, 1.54) is 6.07 Å². The summed E-state index contributed by atoms with van der Waals surface area (Å²) in [5, 5.41) is 10.6. The second-order valence-corrected chi connectivity index (χ2v) is 3.96. The van der Waals surface area contributed by atoms with E-state index in [0.29, 0.717) is 0 Å². The van der Waals surface area contributed by atoms with Crippen molar-refractivity contribution in [3.05, 3.63) is 26.4 Å². The number of carbonyl (C=O) groups excluding carboxylic acids is 2. The van der Waals surface area contributed by atoms with Crippen LogP contribution in [0.25, 0.3) is 0 Å². The van der Waals surface area contributed by atoms with E-state index in [2.05, 4.69) is 25.4 Å². The van der Waals surface area contributed by atoms with E-state index in [4.69, 9.17) is 4.42 Å². The topological polar surface area (TPSA) is 109 Å². The molecule has 8 nitrogen and oxygen atoms in total. The number of hydrogen-bond acceptors (Lipinski definition) is 7. The Labute approximate surface area is 109 Å². The van der Waals surface area contributed by atoms with E-state index in [1.54, 1.807) is 0 Å². The van der Waals surface area contributed by atoms with Crippen LogP contribution in [0.15, 0.2) is 15.0 Å². The Morgan fingerprint density at radius 3 is 2.22 bits per heavy atom. The third-order valence-electron chi connectivity index (χ3n) is 1.63. The summed E-state index contributed by atoms with van der Waals surface area (Å²) in [7, 11) is 0. The SMILES string of the molecule is CC(=O)OC(OC(C)=O)c1cc(Br)c([N+](=O)[O-])o1. The summed E-state index contributed by atoms with van der Waals surface area (Å²) in [6.45, 7) is 2.20. The molecule has 0 aliphatic rings. The van der Waals surface area contributed by atoms with E-state index in [-0.39, 0.29) is 10.2 Å². The van der Waals surface area contributed by atoms with Gasteiger partial charge >= 0.3 is 24.1 Å². The molecule has 0 unspecified atom stereocenters. The number of rotatable bonds is 4. The molecule has 18 heavy (non-hydrogen) atoms. The third-order valence-corrected chi connectivity index (χ3v) is 2.20. The highest BCUT2D eigenvalue weighted by atomic mass is 79.9. The van der Waals surface area contributed by atoms with Crippen molar-refractivity contribution in [3.63, 3.8) is 0 Å². The summed E-state index contributed by atoms with van der Waals surface area (Å²) in [5.74, 6) is -2.19. The normalized spacial score (nSPS) is 10.2. The number of halogens is 1. The average molecular weight is 322 g/mol. The van der Waals surface area contributed by atoms with Gasteiger partial charge in [0.05, 0.1) is 0 Å². The van der Waals surface area contributed by atoms with E-state index in [0.717, 1.165) is 13.8 Å². The molecule has 1 aromatic rings. The highest BCUT2D eigenvalue weighted by molar-refractivity contribution is 9.10. The third kappa shape index (κ3) is 3.55. The molecule has 0 radical (unpaired) electrons. The number of nitrogens with zero attached hydrogens (tertiary/aromatic N) is 1. The predicted molar refractivity (Wildman–Crippen MR) is 59.3 cm³/mol. The first-order valence-electron chi connectivity index (χ1n) is 4.59. The van der Waals surface area contributed by atoms with E-state index in [9.17, 15) is 19.7 Å². The first-order chi connectivity index (χ1) is 8.31. The zero-order valence-electron chi connectivity index (χ0n) is 9.34. The van der Waals surface area contributed by atoms with Gasteiger partial charge in [0.15, 0.2) is 5.76 Å². The lowest BCUT2D eigenvalue weighted by Crippen LogP contribution is -2.14. The van der Waals surface area contributed by atoms with Crippen LogP contribution in [0.2, 0.25) is 0 Å². The van der Waals surface area contributed by atoms with Gasteiger partial charge in [-0.2, -0.15) is 0 Å². The van der Waals surface area contributed by atoms with Gasteiger partial charge in [-0.25, -0.2) is 0 Å². The lowest BCUT2D eigenvalue weighted by molar-refractivity contribution is -0.403. The summed E-state index contributed by atoms with van der Waals surface area (Å²) < 4.78 is 14.2. The van der Waals surface area contributed by atoms with Crippen molar-refractivity contribution in [1.29, 1.82) is 0 Å². The number of esters is 2. The molecular formula is C9H8BrNO7. The maximum atomic E-state index is 10.8. The van der Waals surface area contributed by atoms with E-state index < -0.39 is 29.0 Å². The number of ether oxygens (including phenoxy) is 2. The summed E-state index contributed by atoms with van der Waals surface area (Å²) in [5.41, 5.74) is 0. The molecule has 0 bridgehead atoms. The Kier molecular flexibility index (Phi) is 4.43. The van der Waals surface area contributed by atoms with Crippen molar-refractivity contribution in [2.45, 2.75) is 20.1 Å². The summed E-state index contributed by atoms with van der Waals surface area (Å²) in [6.07, 6.45) is -1.45. The predicted octanol–water partition coefficient (Wildman–Crippen LogP) is 2.08. The molecule has 0 fully saturated rings. The number of hydrogen-bond donors (Lipinski definition) is 0. The molecule has 1 heterocycles. The molecule has 0 aromatic carbocycles. The largest absolute Gasteiger partial charge is 0.447 e. The van der Waals surface area contributed by atoms with Crippen LogP contribution in [0.4, 0.5) is 5.88 Å². The van der Waals surface area contributed by atoms with Crippen LogP contribution in [0, 0.1) is 10.1 Å². The van der Waals surface area contributed by atoms with Crippen LogP contribution in [0.5, 0.6) is 0 Å². The van der Waals surface area contributed by atoms with Gasteiger partial charge in [-0.3, -0.25) is 19.7 Å². The second-order valence-electron chi connectivity index (χ2n) is 3.11. The van der Waals surface area contributed by atoms with Crippen molar-refractivity contribution in [2.75, 3.05) is 0 Å². The molecule has 0 saturated carbocycles. The minimum absolute atomic E-state index is 0.0480. The quantitative estimate of drug-likeness (QED) is 0.361. The smallest absolute Gasteiger partial charge is 0.417 e. The zero-order chi connectivity index (χ0) is 13.9. The molecule has 0 N–H and O–H groups in total. The van der Waals surface area contributed by atoms with Crippen molar-refractivity contribution in [2.24, 2.45) is 0 Å². The first kappa shape index (κ1) is 14.2. The standard InChI is InChI=1S/C9H8BrNO7/c1-4(12)16-9(17-5(2)13)7-3-6(10)8(18-7)11(14)15/h3,9H,1-2H3. The van der Waals surface area contributed by atoms with Crippen LogP contribution in [0.3, 0.4) is 0 Å². The molecule has 0 atom stereocenters. The maximum absolute atomic E-state index is 10.8. The van der Waals surface area contributed by atoms with Gasteiger partial charge < -0.3 is 13.9 Å². The Bertz CT molecular complexity index is 479. The molecule has 0 spiro atoms. The molecule has 0 aliphatic heterocycles. The molecule has 98 valence electrons. The van der Waals surface area contributed by atoms with Crippen LogP contribution in [-0.4, -0.2) is 16.9 Å². The fourth-order valence-corrected chi connectivity index (χ4v) is 1.51. The van der Waals surface area contributed by atoms with Crippen LogP contribution < -0.4 is 0 Å². The molecule has 0 amide bonds. The Balaban J connectivity index is 3.04. The Morgan fingerprint density at radius 2 is 1.89 bits per heavy atom. The molecule has 1 aromatic heterocycles. The Hall–Kier alpha value is -1.90. The number of nitro groups is 1. The average Bonchev–Trinajstić information content (AvgIpc) is 2.57. The van der Waals surface area contributed by atoms with Gasteiger partial charge in [0.1, 0.15) is 9.40 Å². The van der Waals surface area contributed by atoms with Gasteiger partial charge in [0, 0.05) is 19.9 Å². The first-order valence-corrected chi connectivity index (χ1v) is 5.38. The summed E-state index contributed by atoms with van der Waals surface area (Å²) in [4.78, 5) is 31.5. The Morgan fingerprint density at radius 1 is 1.39 bits per heavy atom. The number of carbonyl (C=O) groups is 2. The maximum Gasteiger partial charge on any atom is 0.447 e. The minimum atomic E-state index is -1.45. The van der Waals surface area contributed by atoms with Gasteiger partial charge in [0.2, 0.25) is 0 Å². The van der Waals surface area contributed by atoms with Gasteiger partial charge in [-0.15, -0.1) is 0 Å². The van der Waals surface area contributed by atoms with Crippen LogP contribution in [0.1, 0.15) is 25.9 Å². The van der Waals surface area contributed by atoms with E-state index in [1.807, 2.05) is 0 Å². The fourth-order valence-electron chi connectivity index (χ4n) is 1.06. The monoisotopic (exact) mass is 321 g/mol. The lowest BCUT2D eigenvalue weighted by atomic mass is 10.4. The minimum Gasteiger partial charge on any atom is -0.417 e. The molecular weight excluding hydrogens is 314 g/mol. The van der Waals surface area contributed by atoms with Crippen LogP contribution in [-0.2, 0) is 19.1 Å². The van der Waals surface area contributed by atoms with Crippen molar-refractivity contribution in [3.8, 4) is 0 Å². The molecule has 0 saturated heterocycles. The molecule has 0 aliphatic carbocycles. The number of furan rings is 1. The van der Waals surface area contributed by atoms with Crippen molar-refractivity contribution in [1.82, 2.24) is 0 Å². The highest BCUT2D eigenvalue weighted by Crippen LogP contribution is 2.33. The highest BCUT2D eigenvalue weighted by Gasteiger charge is 2.28. The van der Waals surface area contributed by atoms with Gasteiger partial charge in [0.25, 0.3) is 0 Å². The molecule has 1 rings (SSSR count). The second kappa shape index (κ2) is 5.63. The summed E-state index contributed by atoms with van der Waals surface area (Å²) in [6, 6.07) is 1.19. The van der Waals surface area contributed by atoms with Crippen LogP contribution >= 0.6 is 15.9 Å². The van der Waals surface area contributed by atoms with Gasteiger partial charge in [-0.05, 0) is 15.9 Å². The fraction of sp³-hybridized carbons (Fsp3) is 0.333. The van der Waals surface area contributed by atoms with E-state index >= 15 is 0 Å². The summed E-state index contributed by atoms with van der Waals surface area (Å²) >= 11 is 2.90. The molecule has 9 heteroatoms. The lowest BCUT2D eigenvalue weighted by Gasteiger charge is -2.13. The van der Waals surface area contributed by atoms with Gasteiger partial charge in [-0.1, -0.05) is 0 Å². The van der Waals surface area contributed by atoms with Crippen molar-refractivity contribution >= 4 is 33.8 Å². The zero-order valence-corrected chi connectivity index (χ0v) is 10.9.